The number of hydrogen-bond donors (Lipinski definition) is 0. The summed E-state index contributed by atoms with van der Waals surface area (Å²) in [5.41, 5.74) is 2.40. The van der Waals surface area contributed by atoms with Crippen LogP contribution in [0.5, 0.6) is 11.5 Å². The van der Waals surface area contributed by atoms with E-state index in [9.17, 15) is 9.59 Å². The van der Waals surface area contributed by atoms with Crippen molar-refractivity contribution < 1.29 is 19.1 Å². The molecule has 28 heavy (non-hydrogen) atoms. The molecular formula is C22H24N2O4. The Morgan fingerprint density at radius 3 is 2.29 bits per heavy atom. The van der Waals surface area contributed by atoms with E-state index in [-0.39, 0.29) is 11.8 Å². The number of fused-ring (bicyclic) bond motifs is 1. The second-order valence-corrected chi connectivity index (χ2v) is 7.09. The van der Waals surface area contributed by atoms with Gasteiger partial charge in [-0.3, -0.25) is 9.59 Å². The number of hydrogen-bond acceptors (Lipinski definition) is 4. The highest BCUT2D eigenvalue weighted by Crippen LogP contribution is 2.26. The van der Waals surface area contributed by atoms with Crippen LogP contribution >= 0.6 is 0 Å². The topological polar surface area (TPSA) is 59.1 Å². The minimum atomic E-state index is -0.0306. The van der Waals surface area contributed by atoms with Gasteiger partial charge in [0.05, 0.1) is 13.7 Å². The molecule has 0 bridgehead atoms. The van der Waals surface area contributed by atoms with Gasteiger partial charge in [-0.1, -0.05) is 6.07 Å². The van der Waals surface area contributed by atoms with Crippen LogP contribution in [-0.2, 0) is 6.42 Å². The third-order valence-corrected chi connectivity index (χ3v) is 5.33. The Kier molecular flexibility index (Phi) is 5.19. The number of rotatable bonds is 3. The minimum Gasteiger partial charge on any atom is -0.497 e. The summed E-state index contributed by atoms with van der Waals surface area (Å²) in [6, 6.07) is 12.8. The zero-order valence-electron chi connectivity index (χ0n) is 16.0. The van der Waals surface area contributed by atoms with E-state index in [1.54, 1.807) is 24.1 Å². The van der Waals surface area contributed by atoms with E-state index in [4.69, 9.17) is 9.47 Å². The second-order valence-electron chi connectivity index (χ2n) is 7.09. The van der Waals surface area contributed by atoms with Crippen molar-refractivity contribution in [2.24, 2.45) is 0 Å². The number of aryl methyl sites for hydroxylation is 1. The molecule has 0 radical (unpaired) electrons. The van der Waals surface area contributed by atoms with Gasteiger partial charge in [0.2, 0.25) is 0 Å². The predicted octanol–water partition coefficient (Wildman–Crippen LogP) is 2.62. The summed E-state index contributed by atoms with van der Waals surface area (Å²) >= 11 is 0. The van der Waals surface area contributed by atoms with Gasteiger partial charge in [0.15, 0.2) is 0 Å². The first-order valence-corrected chi connectivity index (χ1v) is 9.64. The molecule has 2 amide bonds. The lowest BCUT2D eigenvalue weighted by Gasteiger charge is -2.35. The number of piperazine rings is 1. The first kappa shape index (κ1) is 18.3. The molecule has 0 spiro atoms. The standard InChI is InChI=1S/C22H24N2O4/c1-27-19-6-2-4-17(15-19)21(25)23-9-11-24(12-10-23)22(26)18-7-8-20-16(14-18)5-3-13-28-20/h2,4,6-8,14-15H,3,5,9-13H2,1H3. The molecule has 0 N–H and O–H groups in total. The van der Waals surface area contributed by atoms with Crippen molar-refractivity contribution >= 4 is 11.8 Å². The van der Waals surface area contributed by atoms with E-state index in [0.29, 0.717) is 43.1 Å². The third-order valence-electron chi connectivity index (χ3n) is 5.33. The van der Waals surface area contributed by atoms with Gasteiger partial charge in [0, 0.05) is 37.3 Å². The molecule has 2 aliphatic rings. The van der Waals surface area contributed by atoms with Crippen LogP contribution in [0.1, 0.15) is 32.7 Å². The Hall–Kier alpha value is -3.02. The molecule has 1 saturated heterocycles. The van der Waals surface area contributed by atoms with E-state index < -0.39 is 0 Å². The normalized spacial score (nSPS) is 16.2. The molecule has 0 aliphatic carbocycles. The molecular weight excluding hydrogens is 356 g/mol. The van der Waals surface area contributed by atoms with Gasteiger partial charge in [0.25, 0.3) is 11.8 Å². The summed E-state index contributed by atoms with van der Waals surface area (Å²) in [6.45, 7) is 2.85. The zero-order chi connectivity index (χ0) is 19.5. The summed E-state index contributed by atoms with van der Waals surface area (Å²) in [5.74, 6) is 1.53. The number of benzene rings is 2. The maximum atomic E-state index is 12.9. The smallest absolute Gasteiger partial charge is 0.254 e. The quantitative estimate of drug-likeness (QED) is 0.821. The average Bonchev–Trinajstić information content (AvgIpc) is 2.78. The molecule has 1 fully saturated rings. The maximum Gasteiger partial charge on any atom is 0.254 e. The molecule has 2 aromatic rings. The lowest BCUT2D eigenvalue weighted by atomic mass is 10.0. The van der Waals surface area contributed by atoms with Crippen LogP contribution in [0.4, 0.5) is 0 Å². The van der Waals surface area contributed by atoms with Crippen molar-refractivity contribution in [3.63, 3.8) is 0 Å². The summed E-state index contributed by atoms with van der Waals surface area (Å²) in [5, 5.41) is 0. The molecule has 6 heteroatoms. The van der Waals surface area contributed by atoms with Crippen LogP contribution in [0.25, 0.3) is 0 Å². The van der Waals surface area contributed by atoms with Gasteiger partial charge in [-0.25, -0.2) is 0 Å². The van der Waals surface area contributed by atoms with Crippen LogP contribution in [-0.4, -0.2) is 61.5 Å². The van der Waals surface area contributed by atoms with Gasteiger partial charge < -0.3 is 19.3 Å². The Bertz CT molecular complexity index is 888. The van der Waals surface area contributed by atoms with Gasteiger partial charge in [-0.05, 0) is 54.8 Å². The Morgan fingerprint density at radius 1 is 0.929 bits per heavy atom. The Labute approximate surface area is 164 Å². The van der Waals surface area contributed by atoms with E-state index >= 15 is 0 Å². The second kappa shape index (κ2) is 7.92. The SMILES string of the molecule is COc1cccc(C(=O)N2CCN(C(=O)c3ccc4c(c3)CCCO4)CC2)c1. The van der Waals surface area contributed by atoms with Crippen molar-refractivity contribution in [2.75, 3.05) is 39.9 Å². The van der Waals surface area contributed by atoms with Crippen molar-refractivity contribution in [2.45, 2.75) is 12.8 Å². The minimum absolute atomic E-state index is 0.0156. The molecule has 2 heterocycles. The largest absolute Gasteiger partial charge is 0.497 e. The lowest BCUT2D eigenvalue weighted by Crippen LogP contribution is -2.50. The van der Waals surface area contributed by atoms with Crippen LogP contribution < -0.4 is 9.47 Å². The number of nitrogens with zero attached hydrogens (tertiary/aromatic N) is 2. The molecule has 2 aromatic carbocycles. The first-order chi connectivity index (χ1) is 13.7. The maximum absolute atomic E-state index is 12.9. The summed E-state index contributed by atoms with van der Waals surface area (Å²) in [7, 11) is 1.58. The highest BCUT2D eigenvalue weighted by Gasteiger charge is 2.26. The van der Waals surface area contributed by atoms with E-state index in [1.165, 1.54) is 0 Å². The monoisotopic (exact) mass is 380 g/mol. The van der Waals surface area contributed by atoms with Crippen molar-refractivity contribution in [3.05, 3.63) is 59.2 Å². The van der Waals surface area contributed by atoms with Gasteiger partial charge in [0.1, 0.15) is 11.5 Å². The molecule has 0 atom stereocenters. The molecule has 0 unspecified atom stereocenters. The van der Waals surface area contributed by atoms with Crippen LogP contribution in [0.3, 0.4) is 0 Å². The highest BCUT2D eigenvalue weighted by molar-refractivity contribution is 5.96. The van der Waals surface area contributed by atoms with Gasteiger partial charge in [-0.15, -0.1) is 0 Å². The number of ether oxygens (including phenoxy) is 2. The number of carbonyl (C=O) groups is 2. The van der Waals surface area contributed by atoms with Crippen LogP contribution in [0, 0.1) is 0 Å². The van der Waals surface area contributed by atoms with Crippen LogP contribution in [0.2, 0.25) is 0 Å². The van der Waals surface area contributed by atoms with Crippen molar-refractivity contribution in [3.8, 4) is 11.5 Å². The fourth-order valence-electron chi connectivity index (χ4n) is 3.73. The number of amides is 2. The molecule has 0 aromatic heterocycles. The van der Waals surface area contributed by atoms with Crippen molar-refractivity contribution in [1.29, 1.82) is 0 Å². The zero-order valence-corrected chi connectivity index (χ0v) is 16.0. The predicted molar refractivity (Wildman–Crippen MR) is 105 cm³/mol. The van der Waals surface area contributed by atoms with E-state index in [2.05, 4.69) is 0 Å². The highest BCUT2D eigenvalue weighted by atomic mass is 16.5. The molecule has 6 nitrogen and oxygen atoms in total. The fraction of sp³-hybridized carbons (Fsp3) is 0.364. The van der Waals surface area contributed by atoms with Crippen LogP contribution in [0.15, 0.2) is 42.5 Å². The van der Waals surface area contributed by atoms with E-state index in [0.717, 1.165) is 30.8 Å². The average molecular weight is 380 g/mol. The lowest BCUT2D eigenvalue weighted by molar-refractivity contribution is 0.0535. The summed E-state index contributed by atoms with van der Waals surface area (Å²) in [6.07, 6.45) is 1.93. The Morgan fingerprint density at radius 2 is 1.61 bits per heavy atom. The summed E-state index contributed by atoms with van der Waals surface area (Å²) < 4.78 is 10.8. The molecule has 146 valence electrons. The number of methoxy groups -OCH3 is 1. The van der Waals surface area contributed by atoms with Gasteiger partial charge in [-0.2, -0.15) is 0 Å². The van der Waals surface area contributed by atoms with Gasteiger partial charge >= 0.3 is 0 Å². The third kappa shape index (κ3) is 3.67. The Balaban J connectivity index is 1.39. The molecule has 0 saturated carbocycles. The first-order valence-electron chi connectivity index (χ1n) is 9.64. The molecule has 2 aliphatic heterocycles. The van der Waals surface area contributed by atoms with E-state index in [1.807, 2.05) is 35.2 Å². The van der Waals surface area contributed by atoms with Crippen molar-refractivity contribution in [1.82, 2.24) is 9.80 Å². The molecule has 4 rings (SSSR count). The number of carbonyl (C=O) groups excluding carboxylic acids is 2. The summed E-state index contributed by atoms with van der Waals surface area (Å²) in [4.78, 5) is 29.2. The fourth-order valence-corrected chi connectivity index (χ4v) is 3.73.